The molecular formula is C16H28O. The van der Waals surface area contributed by atoms with Crippen LogP contribution in [0.5, 0.6) is 0 Å². The summed E-state index contributed by atoms with van der Waals surface area (Å²) in [5.41, 5.74) is 0. The van der Waals surface area contributed by atoms with Gasteiger partial charge in [0.1, 0.15) is 0 Å². The van der Waals surface area contributed by atoms with Crippen molar-refractivity contribution in [2.75, 3.05) is 6.61 Å². The number of ether oxygens (including phenoxy) is 1. The van der Waals surface area contributed by atoms with Gasteiger partial charge in [-0.1, -0.05) is 51.5 Å². The van der Waals surface area contributed by atoms with E-state index in [0.29, 0.717) is 0 Å². The normalized spacial score (nSPS) is 31.1. The highest BCUT2D eigenvalue weighted by molar-refractivity contribution is 4.79. The molecule has 0 amide bonds. The standard InChI is InChI=1S/C16H28O/c1-2-17-13-12-14-8-10-16(11-9-14)15-6-4-3-5-7-15/h2,14-16H,1,3-13H2. The van der Waals surface area contributed by atoms with E-state index in [-0.39, 0.29) is 0 Å². The summed E-state index contributed by atoms with van der Waals surface area (Å²) in [6.07, 6.45) is 16.2. The van der Waals surface area contributed by atoms with Crippen molar-refractivity contribution in [3.63, 3.8) is 0 Å². The van der Waals surface area contributed by atoms with Crippen molar-refractivity contribution < 1.29 is 4.74 Å². The molecule has 98 valence electrons. The quantitative estimate of drug-likeness (QED) is 0.486. The van der Waals surface area contributed by atoms with E-state index in [2.05, 4.69) is 6.58 Å². The van der Waals surface area contributed by atoms with E-state index in [0.717, 1.165) is 24.4 Å². The van der Waals surface area contributed by atoms with Gasteiger partial charge in [-0.25, -0.2) is 0 Å². The molecule has 0 aromatic heterocycles. The average Bonchev–Trinajstić information content (AvgIpc) is 2.41. The van der Waals surface area contributed by atoms with Gasteiger partial charge >= 0.3 is 0 Å². The van der Waals surface area contributed by atoms with Crippen molar-refractivity contribution >= 4 is 0 Å². The van der Waals surface area contributed by atoms with Gasteiger partial charge in [-0.3, -0.25) is 0 Å². The molecule has 0 aromatic carbocycles. The summed E-state index contributed by atoms with van der Waals surface area (Å²) in [7, 11) is 0. The van der Waals surface area contributed by atoms with Gasteiger partial charge in [0, 0.05) is 0 Å². The maximum absolute atomic E-state index is 5.24. The summed E-state index contributed by atoms with van der Waals surface area (Å²) in [6, 6.07) is 0. The summed E-state index contributed by atoms with van der Waals surface area (Å²) in [4.78, 5) is 0. The zero-order valence-electron chi connectivity index (χ0n) is 11.2. The van der Waals surface area contributed by atoms with E-state index in [4.69, 9.17) is 4.74 Å². The van der Waals surface area contributed by atoms with E-state index in [1.165, 1.54) is 64.2 Å². The third-order valence-corrected chi connectivity index (χ3v) is 4.97. The van der Waals surface area contributed by atoms with Gasteiger partial charge in [0.15, 0.2) is 0 Å². The third-order valence-electron chi connectivity index (χ3n) is 4.97. The molecule has 0 aliphatic heterocycles. The third kappa shape index (κ3) is 4.04. The van der Waals surface area contributed by atoms with Crippen LogP contribution < -0.4 is 0 Å². The molecule has 1 heteroatoms. The Bertz CT molecular complexity index is 210. The summed E-state index contributed by atoms with van der Waals surface area (Å²) in [6.45, 7) is 4.47. The summed E-state index contributed by atoms with van der Waals surface area (Å²) >= 11 is 0. The SMILES string of the molecule is C=COCCC1CCC(C2CCCCC2)CC1. The lowest BCUT2D eigenvalue weighted by Crippen LogP contribution is -2.24. The topological polar surface area (TPSA) is 9.23 Å². The Labute approximate surface area is 107 Å². The van der Waals surface area contributed by atoms with Crippen LogP contribution in [0.2, 0.25) is 0 Å². The summed E-state index contributed by atoms with van der Waals surface area (Å²) in [5.74, 6) is 3.07. The van der Waals surface area contributed by atoms with Crippen LogP contribution in [0.4, 0.5) is 0 Å². The molecule has 2 rings (SSSR count). The lowest BCUT2D eigenvalue weighted by atomic mass is 9.70. The van der Waals surface area contributed by atoms with Crippen molar-refractivity contribution in [3.05, 3.63) is 12.8 Å². The smallest absolute Gasteiger partial charge is 0.0875 e. The van der Waals surface area contributed by atoms with E-state index in [9.17, 15) is 0 Å². The first kappa shape index (κ1) is 13.0. The monoisotopic (exact) mass is 236 g/mol. The van der Waals surface area contributed by atoms with E-state index >= 15 is 0 Å². The van der Waals surface area contributed by atoms with Gasteiger partial charge < -0.3 is 4.74 Å². The van der Waals surface area contributed by atoms with Crippen molar-refractivity contribution in [1.29, 1.82) is 0 Å². The maximum atomic E-state index is 5.24. The van der Waals surface area contributed by atoms with Crippen LogP contribution >= 0.6 is 0 Å². The molecule has 0 radical (unpaired) electrons. The van der Waals surface area contributed by atoms with Gasteiger partial charge in [0.25, 0.3) is 0 Å². The first-order valence-corrected chi connectivity index (χ1v) is 7.62. The second-order valence-electron chi connectivity index (χ2n) is 6.01. The first-order valence-electron chi connectivity index (χ1n) is 7.62. The second kappa shape index (κ2) is 7.08. The molecule has 0 atom stereocenters. The van der Waals surface area contributed by atoms with Crippen LogP contribution in [0, 0.1) is 17.8 Å². The van der Waals surface area contributed by atoms with Gasteiger partial charge in [-0.05, 0) is 37.0 Å². The molecule has 2 fully saturated rings. The zero-order chi connectivity index (χ0) is 11.9. The minimum atomic E-state index is 0.877. The van der Waals surface area contributed by atoms with Gasteiger partial charge in [-0.15, -0.1) is 0 Å². The van der Waals surface area contributed by atoms with Crippen molar-refractivity contribution in [3.8, 4) is 0 Å². The van der Waals surface area contributed by atoms with Crippen LogP contribution in [-0.4, -0.2) is 6.61 Å². The average molecular weight is 236 g/mol. The molecule has 2 aliphatic carbocycles. The van der Waals surface area contributed by atoms with E-state index < -0.39 is 0 Å². The maximum Gasteiger partial charge on any atom is 0.0875 e. The molecule has 0 heterocycles. The molecule has 0 bridgehead atoms. The van der Waals surface area contributed by atoms with Crippen molar-refractivity contribution in [2.24, 2.45) is 17.8 Å². The predicted octanol–water partition coefficient (Wildman–Crippen LogP) is 4.92. The number of hydrogen-bond donors (Lipinski definition) is 0. The van der Waals surface area contributed by atoms with Crippen LogP contribution in [0.1, 0.15) is 64.2 Å². The molecular weight excluding hydrogens is 208 g/mol. The van der Waals surface area contributed by atoms with Crippen LogP contribution in [0.15, 0.2) is 12.8 Å². The fraction of sp³-hybridized carbons (Fsp3) is 0.875. The first-order chi connectivity index (χ1) is 8.40. The molecule has 2 saturated carbocycles. The lowest BCUT2D eigenvalue weighted by molar-refractivity contribution is 0.144. The molecule has 0 saturated heterocycles. The molecule has 2 aliphatic rings. The largest absolute Gasteiger partial charge is 0.502 e. The molecule has 17 heavy (non-hydrogen) atoms. The van der Waals surface area contributed by atoms with Crippen LogP contribution in [0.3, 0.4) is 0 Å². The summed E-state index contributed by atoms with van der Waals surface area (Å²) in [5, 5.41) is 0. The molecule has 0 aromatic rings. The molecule has 0 spiro atoms. The summed E-state index contributed by atoms with van der Waals surface area (Å²) < 4.78 is 5.24. The highest BCUT2D eigenvalue weighted by atomic mass is 16.5. The molecule has 0 N–H and O–H groups in total. The Morgan fingerprint density at radius 1 is 0.882 bits per heavy atom. The fourth-order valence-electron chi connectivity index (χ4n) is 3.87. The number of hydrogen-bond acceptors (Lipinski definition) is 1. The highest BCUT2D eigenvalue weighted by Crippen LogP contribution is 2.40. The fourth-order valence-corrected chi connectivity index (χ4v) is 3.87. The lowest BCUT2D eigenvalue weighted by Gasteiger charge is -2.35. The van der Waals surface area contributed by atoms with E-state index in [1.54, 1.807) is 6.26 Å². The van der Waals surface area contributed by atoms with E-state index in [1.807, 2.05) is 0 Å². The van der Waals surface area contributed by atoms with Crippen LogP contribution in [0.25, 0.3) is 0 Å². The van der Waals surface area contributed by atoms with Gasteiger partial charge in [-0.2, -0.15) is 0 Å². The highest BCUT2D eigenvalue weighted by Gasteiger charge is 2.28. The van der Waals surface area contributed by atoms with Gasteiger partial charge in [0.2, 0.25) is 0 Å². The molecule has 1 nitrogen and oxygen atoms in total. The molecule has 0 unspecified atom stereocenters. The van der Waals surface area contributed by atoms with Gasteiger partial charge in [0.05, 0.1) is 12.9 Å². The number of rotatable bonds is 5. The predicted molar refractivity (Wildman–Crippen MR) is 72.8 cm³/mol. The zero-order valence-corrected chi connectivity index (χ0v) is 11.2. The second-order valence-corrected chi connectivity index (χ2v) is 6.01. The minimum Gasteiger partial charge on any atom is -0.502 e. The Balaban J connectivity index is 1.64. The Morgan fingerprint density at radius 3 is 2.18 bits per heavy atom. The van der Waals surface area contributed by atoms with Crippen molar-refractivity contribution in [2.45, 2.75) is 64.2 Å². The Morgan fingerprint density at radius 2 is 1.53 bits per heavy atom. The Hall–Kier alpha value is -0.460. The Kier molecular flexibility index (Phi) is 5.41. The minimum absolute atomic E-state index is 0.877. The van der Waals surface area contributed by atoms with Crippen molar-refractivity contribution in [1.82, 2.24) is 0 Å². The van der Waals surface area contributed by atoms with Crippen LogP contribution in [-0.2, 0) is 4.74 Å².